The number of ketones is 2. The molecule has 0 aliphatic heterocycles. The van der Waals surface area contributed by atoms with Crippen molar-refractivity contribution in [3.05, 3.63) is 119 Å². The number of rotatable bonds is 17. The van der Waals surface area contributed by atoms with E-state index in [1.807, 2.05) is 60.7 Å². The van der Waals surface area contributed by atoms with E-state index >= 15 is 0 Å². The van der Waals surface area contributed by atoms with Gasteiger partial charge in [0.05, 0.1) is 14.2 Å². The molecule has 0 aliphatic rings. The predicted octanol–water partition coefficient (Wildman–Crippen LogP) is 8.27. The fraction of sp³-hybridized carbons (Fsp3) is 0.278. The van der Waals surface area contributed by atoms with Crippen LogP contribution in [0.15, 0.2) is 97.1 Å². The summed E-state index contributed by atoms with van der Waals surface area (Å²) in [7, 11) is 3.15. The highest BCUT2D eigenvalue weighted by Gasteiger charge is 2.13. The summed E-state index contributed by atoms with van der Waals surface area (Å²) in [6.07, 6.45) is 4.19. The second kappa shape index (κ2) is 16.0. The van der Waals surface area contributed by atoms with Crippen molar-refractivity contribution < 1.29 is 28.5 Å². The number of benzene rings is 4. The molecule has 6 heteroatoms. The molecule has 0 spiro atoms. The smallest absolute Gasteiger partial charge is 0.163 e. The molecular formula is C36H38O6. The van der Waals surface area contributed by atoms with Crippen LogP contribution in [0.5, 0.6) is 23.0 Å². The number of ether oxygens (including phenoxy) is 4. The minimum absolute atomic E-state index is 0.0700. The first kappa shape index (κ1) is 30.4. The van der Waals surface area contributed by atoms with Gasteiger partial charge in [0.1, 0.15) is 13.2 Å². The van der Waals surface area contributed by atoms with E-state index in [1.54, 1.807) is 50.6 Å². The summed E-state index contributed by atoms with van der Waals surface area (Å²) in [5.41, 5.74) is 3.34. The summed E-state index contributed by atoms with van der Waals surface area (Å²) in [5.74, 6) is 2.44. The number of unbranched alkanes of at least 4 members (excludes halogenated alkanes) is 3. The van der Waals surface area contributed by atoms with Crippen LogP contribution in [-0.2, 0) is 13.2 Å². The van der Waals surface area contributed by atoms with E-state index in [0.29, 0.717) is 60.2 Å². The molecule has 0 unspecified atom stereocenters. The average molecular weight is 567 g/mol. The van der Waals surface area contributed by atoms with Gasteiger partial charge in [0.2, 0.25) is 0 Å². The van der Waals surface area contributed by atoms with Gasteiger partial charge in [-0.3, -0.25) is 9.59 Å². The quantitative estimate of drug-likeness (QED) is 0.0946. The van der Waals surface area contributed by atoms with E-state index in [-0.39, 0.29) is 11.6 Å². The number of hydrogen-bond donors (Lipinski definition) is 0. The zero-order chi connectivity index (χ0) is 29.6. The molecule has 4 aromatic rings. The Hall–Kier alpha value is -4.58. The van der Waals surface area contributed by atoms with Crippen LogP contribution in [0.3, 0.4) is 0 Å². The molecule has 0 fully saturated rings. The Labute approximate surface area is 248 Å². The van der Waals surface area contributed by atoms with Crippen molar-refractivity contribution in [3.8, 4) is 23.0 Å². The molecule has 0 aliphatic carbocycles. The van der Waals surface area contributed by atoms with Gasteiger partial charge < -0.3 is 18.9 Å². The molecular weight excluding hydrogens is 528 g/mol. The van der Waals surface area contributed by atoms with E-state index in [9.17, 15) is 9.59 Å². The lowest BCUT2D eigenvalue weighted by Crippen LogP contribution is -2.03. The van der Waals surface area contributed by atoms with Crippen LogP contribution in [0.1, 0.15) is 70.4 Å². The zero-order valence-corrected chi connectivity index (χ0v) is 24.3. The number of methoxy groups -OCH3 is 2. The summed E-state index contributed by atoms with van der Waals surface area (Å²) >= 11 is 0. The number of hydrogen-bond acceptors (Lipinski definition) is 6. The minimum Gasteiger partial charge on any atom is -0.493 e. The summed E-state index contributed by atoms with van der Waals surface area (Å²) in [5, 5.41) is 0. The first-order valence-electron chi connectivity index (χ1n) is 14.3. The molecule has 0 atom stereocenters. The topological polar surface area (TPSA) is 71.1 Å². The molecule has 0 radical (unpaired) electrons. The zero-order valence-electron chi connectivity index (χ0n) is 24.3. The number of carbonyl (C=O) groups excluding carboxylic acids is 2. The Morgan fingerprint density at radius 2 is 0.905 bits per heavy atom. The molecule has 4 rings (SSSR count). The van der Waals surface area contributed by atoms with Gasteiger partial charge in [-0.05, 0) is 60.4 Å². The normalized spacial score (nSPS) is 10.6. The van der Waals surface area contributed by atoms with Gasteiger partial charge in [-0.2, -0.15) is 0 Å². The summed E-state index contributed by atoms with van der Waals surface area (Å²) in [4.78, 5) is 25.5. The van der Waals surface area contributed by atoms with Gasteiger partial charge in [0, 0.05) is 24.0 Å². The highest BCUT2D eigenvalue weighted by Crippen LogP contribution is 2.31. The molecule has 0 N–H and O–H groups in total. The van der Waals surface area contributed by atoms with Crippen molar-refractivity contribution in [1.29, 1.82) is 0 Å². The largest absolute Gasteiger partial charge is 0.493 e. The fourth-order valence-corrected chi connectivity index (χ4v) is 4.60. The lowest BCUT2D eigenvalue weighted by Gasteiger charge is -2.12. The Kier molecular flexibility index (Phi) is 11.6. The highest BCUT2D eigenvalue weighted by atomic mass is 16.5. The number of Topliss-reactive ketones (excluding diaryl/α,β-unsaturated/α-hetero) is 2. The van der Waals surface area contributed by atoms with Crippen LogP contribution in [0.25, 0.3) is 0 Å². The first-order valence-corrected chi connectivity index (χ1v) is 14.3. The Bertz CT molecular complexity index is 1320. The van der Waals surface area contributed by atoms with Crippen molar-refractivity contribution >= 4 is 11.6 Å². The van der Waals surface area contributed by atoms with Gasteiger partial charge in [0.25, 0.3) is 0 Å². The predicted molar refractivity (Wildman–Crippen MR) is 164 cm³/mol. The molecule has 6 nitrogen and oxygen atoms in total. The standard InChI is InChI=1S/C36H38O6/c1-39-35-23-29(19-21-33(35)41-25-27-13-7-5-8-14-27)31(37)17-11-3-4-12-18-32(38)30-20-22-34(36(24-30)40-2)42-26-28-15-9-6-10-16-28/h5-10,13-16,19-24H,3-4,11-12,17-18,25-26H2,1-2H3. The van der Waals surface area contributed by atoms with Gasteiger partial charge >= 0.3 is 0 Å². The third-order valence-electron chi connectivity index (χ3n) is 7.00. The number of carbonyl (C=O) groups is 2. The molecule has 42 heavy (non-hydrogen) atoms. The van der Waals surface area contributed by atoms with Crippen molar-refractivity contribution in [2.75, 3.05) is 14.2 Å². The van der Waals surface area contributed by atoms with E-state index in [4.69, 9.17) is 18.9 Å². The van der Waals surface area contributed by atoms with Crippen LogP contribution < -0.4 is 18.9 Å². The van der Waals surface area contributed by atoms with Gasteiger partial charge in [-0.15, -0.1) is 0 Å². The molecule has 0 bridgehead atoms. The maximum atomic E-state index is 12.8. The second-order valence-electron chi connectivity index (χ2n) is 10.0. The summed E-state index contributed by atoms with van der Waals surface area (Å²) in [6.45, 7) is 0.851. The van der Waals surface area contributed by atoms with Crippen molar-refractivity contribution in [2.45, 2.75) is 51.7 Å². The van der Waals surface area contributed by atoms with Crippen LogP contribution in [0, 0.1) is 0 Å². The molecule has 0 heterocycles. The van der Waals surface area contributed by atoms with Crippen LogP contribution in [0.2, 0.25) is 0 Å². The van der Waals surface area contributed by atoms with Crippen LogP contribution >= 0.6 is 0 Å². The van der Waals surface area contributed by atoms with E-state index < -0.39 is 0 Å². The van der Waals surface area contributed by atoms with Gasteiger partial charge in [-0.25, -0.2) is 0 Å². The van der Waals surface area contributed by atoms with E-state index in [1.165, 1.54) is 0 Å². The molecule has 0 aromatic heterocycles. The third kappa shape index (κ3) is 8.96. The second-order valence-corrected chi connectivity index (χ2v) is 10.0. The average Bonchev–Trinajstić information content (AvgIpc) is 3.04. The molecule has 0 saturated heterocycles. The van der Waals surface area contributed by atoms with Crippen LogP contribution in [0.4, 0.5) is 0 Å². The molecule has 0 saturated carbocycles. The van der Waals surface area contributed by atoms with Crippen molar-refractivity contribution in [2.24, 2.45) is 0 Å². The van der Waals surface area contributed by atoms with Crippen molar-refractivity contribution in [3.63, 3.8) is 0 Å². The third-order valence-corrected chi connectivity index (χ3v) is 7.00. The van der Waals surface area contributed by atoms with Crippen molar-refractivity contribution in [1.82, 2.24) is 0 Å². The first-order chi connectivity index (χ1) is 20.6. The van der Waals surface area contributed by atoms with Gasteiger partial charge in [0.15, 0.2) is 34.6 Å². The Morgan fingerprint density at radius 1 is 0.500 bits per heavy atom. The summed E-state index contributed by atoms with van der Waals surface area (Å²) < 4.78 is 22.7. The lowest BCUT2D eigenvalue weighted by molar-refractivity contribution is 0.0966. The molecule has 218 valence electrons. The fourth-order valence-electron chi connectivity index (χ4n) is 4.60. The summed E-state index contributed by atoms with van der Waals surface area (Å²) in [6, 6.07) is 30.4. The highest BCUT2D eigenvalue weighted by molar-refractivity contribution is 5.97. The molecule has 4 aromatic carbocycles. The lowest BCUT2D eigenvalue weighted by atomic mass is 10.0. The maximum Gasteiger partial charge on any atom is 0.163 e. The monoisotopic (exact) mass is 566 g/mol. The molecule has 0 amide bonds. The Morgan fingerprint density at radius 3 is 1.29 bits per heavy atom. The van der Waals surface area contributed by atoms with Crippen LogP contribution in [-0.4, -0.2) is 25.8 Å². The van der Waals surface area contributed by atoms with E-state index in [2.05, 4.69) is 0 Å². The Balaban J connectivity index is 1.17. The van der Waals surface area contributed by atoms with E-state index in [0.717, 1.165) is 36.8 Å². The SMILES string of the molecule is COc1cc(C(=O)CCCCCCC(=O)c2ccc(OCc3ccccc3)c(OC)c2)ccc1OCc1ccccc1. The maximum absolute atomic E-state index is 12.8. The minimum atomic E-state index is 0.0700. The van der Waals surface area contributed by atoms with Gasteiger partial charge in [-0.1, -0.05) is 73.5 Å².